The first-order chi connectivity index (χ1) is 11.7. The number of nitrogens with zero attached hydrogens (tertiary/aromatic N) is 1. The van der Waals surface area contributed by atoms with E-state index in [1.165, 1.54) is 11.3 Å². The number of rotatable bonds is 6. The Hall–Kier alpha value is -2.34. The summed E-state index contributed by atoms with van der Waals surface area (Å²) in [7, 11) is 0. The minimum Gasteiger partial charge on any atom is -0.492 e. The first-order valence-electron chi connectivity index (χ1n) is 7.89. The van der Waals surface area contributed by atoms with Crippen LogP contribution in [-0.4, -0.2) is 35.0 Å². The zero-order valence-corrected chi connectivity index (χ0v) is 13.9. The second-order valence-corrected chi connectivity index (χ2v) is 6.51. The number of ether oxygens (including phenoxy) is 1. The highest BCUT2D eigenvalue weighted by Crippen LogP contribution is 2.37. The molecule has 0 spiro atoms. The lowest BCUT2D eigenvalue weighted by atomic mass is 9.85. The molecule has 1 aromatic heterocycles. The average Bonchev–Trinajstić information content (AvgIpc) is 3.11. The molecule has 2 aromatic rings. The van der Waals surface area contributed by atoms with Crippen molar-refractivity contribution in [2.24, 2.45) is 5.92 Å². The highest BCUT2D eigenvalue weighted by molar-refractivity contribution is 7.08. The van der Waals surface area contributed by atoms with Crippen LogP contribution in [0.3, 0.4) is 0 Å². The number of aliphatic carboxylic acids is 1. The van der Waals surface area contributed by atoms with E-state index in [2.05, 4.69) is 0 Å². The van der Waals surface area contributed by atoms with Gasteiger partial charge in [-0.05, 0) is 40.9 Å². The van der Waals surface area contributed by atoms with Gasteiger partial charge in [0, 0.05) is 6.42 Å². The number of carboxylic acids is 1. The van der Waals surface area contributed by atoms with Crippen molar-refractivity contribution < 1.29 is 19.4 Å². The maximum atomic E-state index is 12.4. The molecule has 5 nitrogen and oxygen atoms in total. The van der Waals surface area contributed by atoms with Gasteiger partial charge >= 0.3 is 5.97 Å². The van der Waals surface area contributed by atoms with Crippen molar-refractivity contribution in [3.05, 3.63) is 52.7 Å². The number of thiophene rings is 1. The minimum absolute atomic E-state index is 0.0136. The molecule has 1 fully saturated rings. The molecule has 3 rings (SSSR count). The predicted molar refractivity (Wildman–Crippen MR) is 91.1 cm³/mol. The van der Waals surface area contributed by atoms with Crippen molar-refractivity contribution in [1.82, 2.24) is 4.90 Å². The molecule has 0 saturated carbocycles. The molecule has 0 bridgehead atoms. The van der Waals surface area contributed by atoms with Crippen LogP contribution < -0.4 is 4.74 Å². The molecule has 2 atom stereocenters. The number of piperidine rings is 1. The van der Waals surface area contributed by atoms with Crippen LogP contribution in [0.5, 0.6) is 5.75 Å². The fraction of sp³-hybridized carbons (Fsp3) is 0.333. The molecule has 1 saturated heterocycles. The van der Waals surface area contributed by atoms with Gasteiger partial charge in [-0.25, -0.2) is 0 Å². The van der Waals surface area contributed by atoms with Crippen LogP contribution in [0, 0.1) is 5.92 Å². The van der Waals surface area contributed by atoms with E-state index in [9.17, 15) is 14.7 Å². The molecule has 126 valence electrons. The lowest BCUT2D eigenvalue weighted by Gasteiger charge is -2.39. The third-order valence-corrected chi connectivity index (χ3v) is 4.95. The second kappa shape index (κ2) is 7.49. The first kappa shape index (κ1) is 16.5. The predicted octanol–water partition coefficient (Wildman–Crippen LogP) is 3.19. The number of benzene rings is 1. The summed E-state index contributed by atoms with van der Waals surface area (Å²) in [5, 5.41) is 13.4. The van der Waals surface area contributed by atoms with Crippen molar-refractivity contribution >= 4 is 23.2 Å². The Morgan fingerprint density at radius 3 is 2.75 bits per heavy atom. The van der Waals surface area contributed by atoms with E-state index >= 15 is 0 Å². The van der Waals surface area contributed by atoms with Crippen molar-refractivity contribution in [1.29, 1.82) is 0 Å². The monoisotopic (exact) mass is 345 g/mol. The van der Waals surface area contributed by atoms with Gasteiger partial charge < -0.3 is 14.7 Å². The quantitative estimate of drug-likeness (QED) is 0.873. The zero-order chi connectivity index (χ0) is 16.9. The topological polar surface area (TPSA) is 66.8 Å². The number of hydrogen-bond donors (Lipinski definition) is 1. The summed E-state index contributed by atoms with van der Waals surface area (Å²) in [5.74, 6) is -0.703. The summed E-state index contributed by atoms with van der Waals surface area (Å²) < 4.78 is 5.68. The molecule has 2 heterocycles. The largest absolute Gasteiger partial charge is 0.492 e. The van der Waals surface area contributed by atoms with E-state index in [-0.39, 0.29) is 12.3 Å². The van der Waals surface area contributed by atoms with Gasteiger partial charge in [-0.2, -0.15) is 11.3 Å². The molecule has 0 unspecified atom stereocenters. The zero-order valence-electron chi connectivity index (χ0n) is 13.1. The van der Waals surface area contributed by atoms with Crippen LogP contribution >= 0.6 is 11.3 Å². The molecular weight excluding hydrogens is 326 g/mol. The van der Waals surface area contributed by atoms with Gasteiger partial charge in [0.15, 0.2) is 0 Å². The van der Waals surface area contributed by atoms with E-state index in [4.69, 9.17) is 4.74 Å². The van der Waals surface area contributed by atoms with Gasteiger partial charge in [0.25, 0.3) is 0 Å². The second-order valence-electron chi connectivity index (χ2n) is 5.73. The van der Waals surface area contributed by atoms with Crippen LogP contribution in [0.1, 0.15) is 24.4 Å². The van der Waals surface area contributed by atoms with Crippen molar-refractivity contribution in [2.75, 3.05) is 13.2 Å². The maximum Gasteiger partial charge on any atom is 0.308 e. The summed E-state index contributed by atoms with van der Waals surface area (Å²) in [6, 6.07) is 10.9. The lowest BCUT2D eigenvalue weighted by Crippen LogP contribution is -2.46. The van der Waals surface area contributed by atoms with Gasteiger partial charge in [-0.3, -0.25) is 9.59 Å². The number of likely N-dealkylation sites (tertiary alicyclic amines) is 1. The van der Waals surface area contributed by atoms with Gasteiger partial charge in [0.2, 0.25) is 5.91 Å². The number of amides is 1. The van der Waals surface area contributed by atoms with E-state index in [0.717, 1.165) is 11.3 Å². The Balaban J connectivity index is 1.74. The highest BCUT2D eigenvalue weighted by Gasteiger charge is 2.40. The van der Waals surface area contributed by atoms with Crippen LogP contribution in [0.25, 0.3) is 0 Å². The Kier molecular flexibility index (Phi) is 5.15. The molecule has 0 aliphatic carbocycles. The van der Waals surface area contributed by atoms with Crippen molar-refractivity contribution in [3.63, 3.8) is 0 Å². The number of carbonyl (C=O) groups excluding carboxylic acids is 1. The summed E-state index contributed by atoms with van der Waals surface area (Å²) in [4.78, 5) is 25.7. The fourth-order valence-corrected chi connectivity index (χ4v) is 3.80. The third kappa shape index (κ3) is 3.59. The SMILES string of the molecule is O=C(O)[C@@H]1CCC(=O)N(CCOc2ccccc2)[C@H]1c1ccsc1. The van der Waals surface area contributed by atoms with Crippen molar-refractivity contribution in [2.45, 2.75) is 18.9 Å². The first-order valence-corrected chi connectivity index (χ1v) is 8.83. The van der Waals surface area contributed by atoms with E-state index in [1.807, 2.05) is 47.2 Å². The van der Waals surface area contributed by atoms with Crippen LogP contribution in [0.4, 0.5) is 0 Å². The number of carboxylic acid groups (broad SMARTS) is 1. The smallest absolute Gasteiger partial charge is 0.308 e. The Labute approximate surface area is 144 Å². The molecule has 1 N–H and O–H groups in total. The molecule has 0 radical (unpaired) electrons. The third-order valence-electron chi connectivity index (χ3n) is 4.25. The highest BCUT2D eigenvalue weighted by atomic mass is 32.1. The standard InChI is InChI=1S/C18H19NO4S/c20-16-7-6-15(18(21)22)17(13-8-11-24-12-13)19(16)9-10-23-14-4-2-1-3-5-14/h1-5,8,11-12,15,17H,6-7,9-10H2,(H,21,22)/t15-,17+/m1/s1. The number of carbonyl (C=O) groups is 2. The van der Waals surface area contributed by atoms with Crippen LogP contribution in [0.15, 0.2) is 47.2 Å². The molecular formula is C18H19NO4S. The number of hydrogen-bond acceptors (Lipinski definition) is 4. The fourth-order valence-electron chi connectivity index (χ4n) is 3.11. The van der Waals surface area contributed by atoms with E-state index in [1.54, 1.807) is 4.90 Å². The maximum absolute atomic E-state index is 12.4. The molecule has 1 aliphatic heterocycles. The molecule has 1 aliphatic rings. The Morgan fingerprint density at radius 2 is 2.08 bits per heavy atom. The molecule has 6 heteroatoms. The molecule has 1 amide bonds. The van der Waals surface area contributed by atoms with Gasteiger partial charge in [0.05, 0.1) is 18.5 Å². The minimum atomic E-state index is -0.854. The number of para-hydroxylation sites is 1. The summed E-state index contributed by atoms with van der Waals surface area (Å²) in [5.41, 5.74) is 0.889. The van der Waals surface area contributed by atoms with Gasteiger partial charge in [-0.1, -0.05) is 18.2 Å². The summed E-state index contributed by atoms with van der Waals surface area (Å²) in [6.45, 7) is 0.709. The average molecular weight is 345 g/mol. The lowest BCUT2D eigenvalue weighted by molar-refractivity contribution is -0.152. The molecule has 1 aromatic carbocycles. The Bertz CT molecular complexity index is 686. The van der Waals surface area contributed by atoms with Crippen molar-refractivity contribution in [3.8, 4) is 5.75 Å². The van der Waals surface area contributed by atoms with Crippen LogP contribution in [-0.2, 0) is 9.59 Å². The van der Waals surface area contributed by atoms with Gasteiger partial charge in [0.1, 0.15) is 12.4 Å². The van der Waals surface area contributed by atoms with E-state index < -0.39 is 17.9 Å². The summed E-state index contributed by atoms with van der Waals surface area (Å²) in [6.07, 6.45) is 0.646. The summed E-state index contributed by atoms with van der Waals surface area (Å²) >= 11 is 1.51. The Morgan fingerprint density at radius 1 is 1.29 bits per heavy atom. The van der Waals surface area contributed by atoms with Gasteiger partial charge in [-0.15, -0.1) is 0 Å². The van der Waals surface area contributed by atoms with E-state index in [0.29, 0.717) is 19.6 Å². The van der Waals surface area contributed by atoms with Crippen LogP contribution in [0.2, 0.25) is 0 Å². The normalized spacial score (nSPS) is 20.8. The molecule has 24 heavy (non-hydrogen) atoms.